The Bertz CT molecular complexity index is 668. The summed E-state index contributed by atoms with van der Waals surface area (Å²) in [5, 5.41) is 13.4. The van der Waals surface area contributed by atoms with Crippen LogP contribution >= 0.6 is 7.82 Å². The van der Waals surface area contributed by atoms with Crippen molar-refractivity contribution in [2.75, 3.05) is 40.9 Å². The average molecular weight is 577 g/mol. The molecular weight excluding hydrogens is 515 g/mol. The molecule has 0 aliphatic heterocycles. The number of hydrogen-bond donors (Lipinski definition) is 2. The van der Waals surface area contributed by atoms with E-state index in [1.165, 1.54) is 44.9 Å². The lowest BCUT2D eigenvalue weighted by molar-refractivity contribution is -0.870. The highest BCUT2D eigenvalue weighted by Crippen LogP contribution is 2.38. The van der Waals surface area contributed by atoms with E-state index in [1.54, 1.807) is 0 Å². The van der Waals surface area contributed by atoms with Gasteiger partial charge in [0, 0.05) is 6.42 Å². The van der Waals surface area contributed by atoms with Crippen LogP contribution in [0.3, 0.4) is 0 Å². The van der Waals surface area contributed by atoms with Crippen LogP contribution in [0.25, 0.3) is 0 Å². The molecule has 9 heteroatoms. The van der Waals surface area contributed by atoms with E-state index in [-0.39, 0.29) is 19.1 Å². The van der Waals surface area contributed by atoms with Gasteiger partial charge in [0.1, 0.15) is 13.2 Å². The Hall–Kier alpha value is -0.760. The Balaban J connectivity index is 4.29. The molecule has 232 valence electrons. The predicted octanol–water partition coefficient (Wildman–Crippen LogP) is 6.27. The second-order valence-electron chi connectivity index (χ2n) is 11.8. The molecule has 0 radical (unpaired) electrons. The number of allylic oxidation sites excluding steroid dienone is 2. The van der Waals surface area contributed by atoms with E-state index in [9.17, 15) is 19.4 Å². The largest absolute Gasteiger partial charge is 0.756 e. The smallest absolute Gasteiger partial charge is 0.268 e. The van der Waals surface area contributed by atoms with Crippen LogP contribution in [-0.2, 0) is 18.4 Å². The van der Waals surface area contributed by atoms with E-state index in [2.05, 4.69) is 31.3 Å². The molecule has 0 aromatic heterocycles. The molecule has 2 N–H and O–H groups in total. The van der Waals surface area contributed by atoms with Crippen molar-refractivity contribution in [1.82, 2.24) is 5.32 Å². The standard InChI is InChI=1S/C30H61N2O6P/c1-6-8-10-11-12-13-14-15-16-17-18-19-20-22-24-30(34)31-28(29(33)23-21-9-7-2)27-38-39(35,36)37-26-25-32(3,4)5/h14-15,28-29,33H,6-13,16-27H2,1-5H3,(H-,31,34,35,36)/b15-14-. The van der Waals surface area contributed by atoms with Crippen molar-refractivity contribution < 1.29 is 32.9 Å². The Labute approximate surface area is 240 Å². The molecule has 39 heavy (non-hydrogen) atoms. The number of nitrogens with zero attached hydrogens (tertiary/aromatic N) is 1. The lowest BCUT2D eigenvalue weighted by atomic mass is 10.0. The summed E-state index contributed by atoms with van der Waals surface area (Å²) < 4.78 is 22.8. The Morgan fingerprint density at radius 2 is 1.41 bits per heavy atom. The third-order valence-corrected chi connectivity index (χ3v) is 7.72. The second-order valence-corrected chi connectivity index (χ2v) is 13.2. The van der Waals surface area contributed by atoms with E-state index in [1.807, 2.05) is 21.1 Å². The SMILES string of the molecule is CCCCCCC/C=C\CCCCCCCC(=O)NC(COP(=O)([O-])OCC[N+](C)(C)C)C(O)CCCCC. The highest BCUT2D eigenvalue weighted by molar-refractivity contribution is 7.45. The van der Waals surface area contributed by atoms with Gasteiger partial charge in [-0.05, 0) is 38.5 Å². The van der Waals surface area contributed by atoms with Crippen molar-refractivity contribution in [3.63, 3.8) is 0 Å². The van der Waals surface area contributed by atoms with Crippen LogP contribution in [-0.4, -0.2) is 68.5 Å². The van der Waals surface area contributed by atoms with E-state index in [0.717, 1.165) is 51.4 Å². The third-order valence-electron chi connectivity index (χ3n) is 6.75. The quantitative estimate of drug-likeness (QED) is 0.0517. The van der Waals surface area contributed by atoms with Gasteiger partial charge in [-0.2, -0.15) is 0 Å². The fraction of sp³-hybridized carbons (Fsp3) is 0.900. The molecule has 0 aliphatic carbocycles. The zero-order valence-corrected chi connectivity index (χ0v) is 26.7. The first-order chi connectivity index (χ1) is 18.5. The highest BCUT2D eigenvalue weighted by Gasteiger charge is 2.24. The van der Waals surface area contributed by atoms with Crippen LogP contribution < -0.4 is 10.2 Å². The molecule has 8 nitrogen and oxygen atoms in total. The number of aliphatic hydroxyl groups is 1. The van der Waals surface area contributed by atoms with Gasteiger partial charge in [0.2, 0.25) is 5.91 Å². The van der Waals surface area contributed by atoms with Crippen molar-refractivity contribution in [1.29, 1.82) is 0 Å². The average Bonchev–Trinajstić information content (AvgIpc) is 2.85. The van der Waals surface area contributed by atoms with Gasteiger partial charge in [0.25, 0.3) is 7.82 Å². The molecule has 0 aromatic carbocycles. The molecule has 0 saturated heterocycles. The number of nitrogens with one attached hydrogen (secondary N) is 1. The summed E-state index contributed by atoms with van der Waals surface area (Å²) in [4.78, 5) is 24.7. The molecule has 0 aromatic rings. The molecule has 0 spiro atoms. The van der Waals surface area contributed by atoms with Gasteiger partial charge in [-0.3, -0.25) is 9.36 Å². The minimum Gasteiger partial charge on any atom is -0.756 e. The summed E-state index contributed by atoms with van der Waals surface area (Å²) in [6, 6.07) is -0.794. The normalized spacial score (nSPS) is 15.4. The number of unbranched alkanes of at least 4 members (excludes halogenated alkanes) is 12. The van der Waals surface area contributed by atoms with Gasteiger partial charge in [-0.15, -0.1) is 0 Å². The maximum Gasteiger partial charge on any atom is 0.268 e. The van der Waals surface area contributed by atoms with Crippen molar-refractivity contribution >= 4 is 13.7 Å². The topological polar surface area (TPSA) is 108 Å². The van der Waals surface area contributed by atoms with Gasteiger partial charge in [0.05, 0.1) is 39.9 Å². The fourth-order valence-corrected chi connectivity index (χ4v) is 4.87. The number of phosphoric ester groups is 1. The number of quaternary nitrogens is 1. The van der Waals surface area contributed by atoms with Crippen molar-refractivity contribution in [3.8, 4) is 0 Å². The molecule has 0 aliphatic rings. The lowest BCUT2D eigenvalue weighted by Crippen LogP contribution is -2.46. The van der Waals surface area contributed by atoms with Gasteiger partial charge in [-0.25, -0.2) is 0 Å². The highest BCUT2D eigenvalue weighted by atomic mass is 31.2. The molecule has 0 bridgehead atoms. The Kier molecular flexibility index (Phi) is 23.4. The third kappa shape index (κ3) is 25.9. The molecule has 0 fully saturated rings. The van der Waals surface area contributed by atoms with Crippen LogP contribution in [0.1, 0.15) is 123 Å². The lowest BCUT2D eigenvalue weighted by Gasteiger charge is -2.30. The van der Waals surface area contributed by atoms with E-state index < -0.39 is 20.0 Å². The van der Waals surface area contributed by atoms with E-state index in [4.69, 9.17) is 9.05 Å². The summed E-state index contributed by atoms with van der Waals surface area (Å²) in [6.07, 6.45) is 21.4. The zero-order chi connectivity index (χ0) is 29.4. The van der Waals surface area contributed by atoms with Crippen LogP contribution in [0, 0.1) is 0 Å². The summed E-state index contributed by atoms with van der Waals surface area (Å²) in [5.41, 5.74) is 0. The Morgan fingerprint density at radius 3 is 2.00 bits per heavy atom. The minimum absolute atomic E-state index is 0.00969. The number of phosphoric acid groups is 1. The monoisotopic (exact) mass is 576 g/mol. The maximum absolute atomic E-state index is 12.5. The number of aliphatic hydroxyl groups excluding tert-OH is 1. The number of carbonyl (C=O) groups is 1. The fourth-order valence-electron chi connectivity index (χ4n) is 4.15. The molecule has 3 unspecified atom stereocenters. The summed E-state index contributed by atoms with van der Waals surface area (Å²) in [7, 11) is 1.29. The molecule has 0 rings (SSSR count). The zero-order valence-electron chi connectivity index (χ0n) is 25.8. The second kappa shape index (κ2) is 23.9. The first kappa shape index (κ1) is 38.2. The summed E-state index contributed by atoms with van der Waals surface area (Å²) in [6.45, 7) is 4.49. The van der Waals surface area contributed by atoms with Gasteiger partial charge in [-0.1, -0.05) is 90.2 Å². The summed E-state index contributed by atoms with van der Waals surface area (Å²) >= 11 is 0. The van der Waals surface area contributed by atoms with Gasteiger partial charge in [0.15, 0.2) is 0 Å². The van der Waals surface area contributed by atoms with Crippen molar-refractivity contribution in [2.24, 2.45) is 0 Å². The molecule has 0 heterocycles. The van der Waals surface area contributed by atoms with Crippen molar-refractivity contribution in [2.45, 2.75) is 135 Å². The molecule has 3 atom stereocenters. The van der Waals surface area contributed by atoms with Gasteiger partial charge < -0.3 is 28.8 Å². The number of hydrogen-bond acceptors (Lipinski definition) is 6. The summed E-state index contributed by atoms with van der Waals surface area (Å²) in [5.74, 6) is -0.188. The van der Waals surface area contributed by atoms with Gasteiger partial charge >= 0.3 is 0 Å². The van der Waals surface area contributed by atoms with Crippen molar-refractivity contribution in [3.05, 3.63) is 12.2 Å². The predicted molar refractivity (Wildman–Crippen MR) is 159 cm³/mol. The first-order valence-corrected chi connectivity index (χ1v) is 17.0. The number of amides is 1. The van der Waals surface area contributed by atoms with Crippen LogP contribution in [0.5, 0.6) is 0 Å². The van der Waals surface area contributed by atoms with E-state index in [0.29, 0.717) is 23.9 Å². The number of carbonyl (C=O) groups excluding carboxylic acids is 1. The molecule has 0 saturated carbocycles. The Morgan fingerprint density at radius 1 is 0.872 bits per heavy atom. The first-order valence-electron chi connectivity index (χ1n) is 15.5. The molecule has 1 amide bonds. The number of rotatable bonds is 27. The van der Waals surface area contributed by atoms with E-state index >= 15 is 0 Å². The molecular formula is C30H61N2O6P. The van der Waals surface area contributed by atoms with Crippen LogP contribution in [0.2, 0.25) is 0 Å². The number of likely N-dealkylation sites (N-methyl/N-ethyl adjacent to an activating group) is 1. The van der Waals surface area contributed by atoms with Crippen LogP contribution in [0.15, 0.2) is 12.2 Å². The van der Waals surface area contributed by atoms with Crippen LogP contribution in [0.4, 0.5) is 0 Å². The maximum atomic E-state index is 12.5. The minimum atomic E-state index is -4.53.